The summed E-state index contributed by atoms with van der Waals surface area (Å²) in [5, 5.41) is 3.12. The van der Waals surface area contributed by atoms with Crippen LogP contribution in [-0.2, 0) is 6.54 Å². The molecule has 0 bridgehead atoms. The van der Waals surface area contributed by atoms with E-state index in [9.17, 15) is 13.2 Å². The molecule has 0 amide bonds. The van der Waals surface area contributed by atoms with Crippen LogP contribution in [0.3, 0.4) is 0 Å². The van der Waals surface area contributed by atoms with Crippen molar-refractivity contribution in [3.05, 3.63) is 94.8 Å². The largest absolute Gasteiger partial charge is 0.308 e. The van der Waals surface area contributed by atoms with Crippen LogP contribution in [-0.4, -0.2) is 35.0 Å². The Labute approximate surface area is 180 Å². The summed E-state index contributed by atoms with van der Waals surface area (Å²) in [7, 11) is 1.77. The van der Waals surface area contributed by atoms with Crippen LogP contribution >= 0.6 is 0 Å². The number of benzene rings is 1. The lowest BCUT2D eigenvalue weighted by Gasteiger charge is -2.32. The van der Waals surface area contributed by atoms with Gasteiger partial charge in [0, 0.05) is 18.9 Å². The van der Waals surface area contributed by atoms with E-state index in [1.165, 1.54) is 12.1 Å². The summed E-state index contributed by atoms with van der Waals surface area (Å²) in [5.74, 6) is -1.75. The summed E-state index contributed by atoms with van der Waals surface area (Å²) in [4.78, 5) is 10.7. The lowest BCUT2D eigenvalue weighted by atomic mass is 9.90. The average Bonchev–Trinajstić information content (AvgIpc) is 2.79. The normalized spacial score (nSPS) is 16.4. The van der Waals surface area contributed by atoms with E-state index < -0.39 is 17.6 Å². The summed E-state index contributed by atoms with van der Waals surface area (Å²) in [6.45, 7) is 2.71. The van der Waals surface area contributed by atoms with Gasteiger partial charge in [-0.05, 0) is 79.9 Å². The minimum Gasteiger partial charge on any atom is -0.308 e. The van der Waals surface area contributed by atoms with Crippen molar-refractivity contribution in [2.45, 2.75) is 31.3 Å². The van der Waals surface area contributed by atoms with Crippen molar-refractivity contribution >= 4 is 0 Å². The second-order valence-corrected chi connectivity index (χ2v) is 7.95. The fourth-order valence-corrected chi connectivity index (χ4v) is 4.19. The van der Waals surface area contributed by atoms with Crippen molar-refractivity contribution in [3.63, 3.8) is 0 Å². The van der Waals surface area contributed by atoms with Gasteiger partial charge in [0.15, 0.2) is 11.6 Å². The molecule has 4 nitrogen and oxygen atoms in total. The Balaban J connectivity index is 1.36. The number of halogens is 3. The summed E-state index contributed by atoms with van der Waals surface area (Å²) in [5.41, 5.74) is 3.58. The van der Waals surface area contributed by atoms with Crippen molar-refractivity contribution in [2.24, 2.45) is 0 Å². The molecule has 3 heterocycles. The molecular weight excluding hydrogens is 401 g/mol. The highest BCUT2D eigenvalue weighted by Crippen LogP contribution is 2.28. The number of hydrogen-bond donors (Lipinski definition) is 1. The predicted molar refractivity (Wildman–Crippen MR) is 113 cm³/mol. The van der Waals surface area contributed by atoms with Crippen LogP contribution in [0.25, 0.3) is 0 Å². The zero-order valence-electron chi connectivity index (χ0n) is 17.4. The Morgan fingerprint density at radius 2 is 1.77 bits per heavy atom. The molecule has 1 fully saturated rings. The molecule has 3 aromatic rings. The molecule has 1 atom stereocenters. The second kappa shape index (κ2) is 9.58. The number of nitrogens with one attached hydrogen (secondary N) is 1. The smallest absolute Gasteiger partial charge is 0.212 e. The first-order valence-electron chi connectivity index (χ1n) is 10.4. The van der Waals surface area contributed by atoms with Gasteiger partial charge in [0.2, 0.25) is 5.95 Å². The number of rotatable bonds is 6. The van der Waals surface area contributed by atoms with Gasteiger partial charge in [0.1, 0.15) is 0 Å². The highest BCUT2D eigenvalue weighted by molar-refractivity contribution is 5.29. The monoisotopic (exact) mass is 426 g/mol. The summed E-state index contributed by atoms with van der Waals surface area (Å²) < 4.78 is 39.9. The Kier molecular flexibility index (Phi) is 6.63. The second-order valence-electron chi connectivity index (χ2n) is 7.95. The third-order valence-corrected chi connectivity index (χ3v) is 5.92. The van der Waals surface area contributed by atoms with Crippen molar-refractivity contribution in [1.29, 1.82) is 0 Å². The molecule has 2 aromatic heterocycles. The van der Waals surface area contributed by atoms with Gasteiger partial charge in [-0.3, -0.25) is 9.88 Å². The molecule has 1 saturated heterocycles. The molecule has 162 valence electrons. The van der Waals surface area contributed by atoms with Gasteiger partial charge in [-0.15, -0.1) is 0 Å². The maximum atomic E-state index is 13.6. The van der Waals surface area contributed by atoms with E-state index in [2.05, 4.69) is 20.2 Å². The van der Waals surface area contributed by atoms with Crippen LogP contribution in [0.15, 0.2) is 54.9 Å². The molecule has 1 aliphatic heterocycles. The molecule has 31 heavy (non-hydrogen) atoms. The van der Waals surface area contributed by atoms with Gasteiger partial charge in [-0.25, -0.2) is 13.8 Å². The SMILES string of the molecule is CNC(c1ccc(F)c(F)c1)c1ccc(CN2CCC(c3ccc(F)nc3)CC2)cn1. The Hall–Kier alpha value is -2.77. The topological polar surface area (TPSA) is 41.0 Å². The summed E-state index contributed by atoms with van der Waals surface area (Å²) in [6, 6.07) is 10.8. The van der Waals surface area contributed by atoms with Crippen molar-refractivity contribution in [2.75, 3.05) is 20.1 Å². The number of piperidine rings is 1. The maximum absolute atomic E-state index is 13.6. The highest BCUT2D eigenvalue weighted by Gasteiger charge is 2.21. The lowest BCUT2D eigenvalue weighted by Crippen LogP contribution is -2.32. The van der Waals surface area contributed by atoms with Gasteiger partial charge in [0.25, 0.3) is 0 Å². The van der Waals surface area contributed by atoms with E-state index >= 15 is 0 Å². The standard InChI is InChI=1S/C24H25F3N4/c1-28-24(18-3-5-20(25)21(26)12-18)22-6-2-16(13-29-22)15-31-10-8-17(9-11-31)19-4-7-23(27)30-14-19/h2-7,12-14,17,24,28H,8-11,15H2,1H3. The molecule has 1 aliphatic rings. The van der Waals surface area contributed by atoms with Gasteiger partial charge < -0.3 is 5.32 Å². The number of aromatic nitrogens is 2. The van der Waals surface area contributed by atoms with Crippen LogP contribution in [0, 0.1) is 17.6 Å². The number of pyridine rings is 2. The fraction of sp³-hybridized carbons (Fsp3) is 0.333. The molecule has 1 unspecified atom stereocenters. The molecule has 0 saturated carbocycles. The van der Waals surface area contributed by atoms with E-state index in [-0.39, 0.29) is 6.04 Å². The Morgan fingerprint density at radius 1 is 0.968 bits per heavy atom. The summed E-state index contributed by atoms with van der Waals surface area (Å²) >= 11 is 0. The van der Waals surface area contributed by atoms with Crippen LogP contribution in [0.2, 0.25) is 0 Å². The fourth-order valence-electron chi connectivity index (χ4n) is 4.19. The van der Waals surface area contributed by atoms with Gasteiger partial charge in [-0.1, -0.05) is 18.2 Å². The van der Waals surface area contributed by atoms with Crippen molar-refractivity contribution in [1.82, 2.24) is 20.2 Å². The molecule has 1 N–H and O–H groups in total. The average molecular weight is 426 g/mol. The maximum Gasteiger partial charge on any atom is 0.212 e. The predicted octanol–water partition coefficient (Wildman–Crippen LogP) is 4.58. The molecular formula is C24H25F3N4. The van der Waals surface area contributed by atoms with Gasteiger partial charge in [0.05, 0.1) is 11.7 Å². The zero-order valence-corrected chi connectivity index (χ0v) is 17.4. The zero-order chi connectivity index (χ0) is 21.8. The highest BCUT2D eigenvalue weighted by atomic mass is 19.2. The Bertz CT molecular complexity index is 1000. The van der Waals surface area contributed by atoms with Crippen LogP contribution in [0.4, 0.5) is 13.2 Å². The lowest BCUT2D eigenvalue weighted by molar-refractivity contribution is 0.204. The molecule has 7 heteroatoms. The number of likely N-dealkylation sites (tertiary alicyclic amines) is 1. The molecule has 4 rings (SSSR count). The first-order valence-corrected chi connectivity index (χ1v) is 10.4. The third kappa shape index (κ3) is 5.11. The quantitative estimate of drug-likeness (QED) is 0.586. The van der Waals surface area contributed by atoms with Crippen molar-refractivity contribution in [3.8, 4) is 0 Å². The minimum atomic E-state index is -0.866. The molecule has 0 radical (unpaired) electrons. The third-order valence-electron chi connectivity index (χ3n) is 5.92. The van der Waals surface area contributed by atoms with E-state index in [0.717, 1.165) is 55.4 Å². The van der Waals surface area contributed by atoms with E-state index in [1.807, 2.05) is 24.4 Å². The van der Waals surface area contributed by atoms with Gasteiger partial charge in [-0.2, -0.15) is 4.39 Å². The minimum absolute atomic E-state index is 0.316. The first-order chi connectivity index (χ1) is 15.0. The van der Waals surface area contributed by atoms with E-state index in [1.54, 1.807) is 19.3 Å². The summed E-state index contributed by atoms with van der Waals surface area (Å²) in [6.07, 6.45) is 5.51. The van der Waals surface area contributed by atoms with E-state index in [0.29, 0.717) is 11.5 Å². The number of nitrogens with zero attached hydrogens (tertiary/aromatic N) is 3. The number of hydrogen-bond acceptors (Lipinski definition) is 4. The molecule has 0 spiro atoms. The van der Waals surface area contributed by atoms with Crippen LogP contribution in [0.5, 0.6) is 0 Å². The Morgan fingerprint density at radius 3 is 2.39 bits per heavy atom. The van der Waals surface area contributed by atoms with Crippen LogP contribution in [0.1, 0.15) is 47.2 Å². The van der Waals surface area contributed by atoms with Gasteiger partial charge >= 0.3 is 0 Å². The van der Waals surface area contributed by atoms with E-state index in [4.69, 9.17) is 0 Å². The van der Waals surface area contributed by atoms with Crippen molar-refractivity contribution < 1.29 is 13.2 Å². The van der Waals surface area contributed by atoms with Crippen LogP contribution < -0.4 is 5.32 Å². The molecule has 0 aliphatic carbocycles. The first kappa shape index (κ1) is 21.5. The molecule has 1 aromatic carbocycles.